The Hall–Kier alpha value is -1.63. The van der Waals surface area contributed by atoms with Crippen LogP contribution < -0.4 is 5.73 Å². The van der Waals surface area contributed by atoms with E-state index in [9.17, 15) is 8.78 Å². The number of nitrogens with two attached hydrogens (primary N) is 1. The molecule has 0 bridgehead atoms. The summed E-state index contributed by atoms with van der Waals surface area (Å²) in [6, 6.07) is 5.80. The van der Waals surface area contributed by atoms with E-state index in [2.05, 4.69) is 0 Å². The summed E-state index contributed by atoms with van der Waals surface area (Å²) in [5, 5.41) is 8.45. The second-order valence-corrected chi connectivity index (χ2v) is 2.22. The Morgan fingerprint density at radius 1 is 1.42 bits per heavy atom. The predicted octanol–water partition coefficient (Wildman–Crippen LogP) is 2.08. The van der Waals surface area contributed by atoms with Crippen molar-refractivity contribution in [1.29, 1.82) is 5.26 Å². The lowest BCUT2D eigenvalue weighted by Crippen LogP contribution is -1.97. The van der Waals surface area contributed by atoms with E-state index in [0.717, 1.165) is 0 Å². The second-order valence-electron chi connectivity index (χ2n) is 2.22. The first-order valence-corrected chi connectivity index (χ1v) is 3.23. The van der Waals surface area contributed by atoms with Crippen molar-refractivity contribution in [3.63, 3.8) is 0 Å². The molecule has 1 rings (SSSR count). The molecule has 0 spiro atoms. The van der Waals surface area contributed by atoms with Crippen molar-refractivity contribution in [2.45, 2.75) is 6.43 Å². The highest BCUT2D eigenvalue weighted by atomic mass is 19.3. The Balaban J connectivity index is 3.32. The number of rotatable bonds is 1. The van der Waals surface area contributed by atoms with Crippen LogP contribution in [-0.2, 0) is 0 Å². The van der Waals surface area contributed by atoms with Crippen LogP contribution in [0.1, 0.15) is 17.6 Å². The molecule has 0 aliphatic carbocycles. The number of nitriles is 1. The molecule has 0 fully saturated rings. The lowest BCUT2D eigenvalue weighted by atomic mass is 10.1. The van der Waals surface area contributed by atoms with Gasteiger partial charge in [0.1, 0.15) is 0 Å². The highest BCUT2D eigenvalue weighted by molar-refractivity contribution is 5.55. The van der Waals surface area contributed by atoms with Crippen LogP contribution in [0, 0.1) is 11.3 Å². The predicted molar refractivity (Wildman–Crippen MR) is 40.5 cm³/mol. The van der Waals surface area contributed by atoms with E-state index in [0.29, 0.717) is 0 Å². The van der Waals surface area contributed by atoms with Crippen LogP contribution in [0.3, 0.4) is 0 Å². The summed E-state index contributed by atoms with van der Waals surface area (Å²) in [5.74, 6) is 0. The number of halogens is 2. The van der Waals surface area contributed by atoms with Crippen molar-refractivity contribution in [2.24, 2.45) is 0 Å². The summed E-state index contributed by atoms with van der Waals surface area (Å²) < 4.78 is 24.5. The molecule has 0 aromatic heterocycles. The third kappa shape index (κ3) is 1.35. The first-order chi connectivity index (χ1) is 5.66. The third-order valence-corrected chi connectivity index (χ3v) is 1.48. The van der Waals surface area contributed by atoms with Crippen molar-refractivity contribution < 1.29 is 8.78 Å². The molecule has 12 heavy (non-hydrogen) atoms. The fourth-order valence-corrected chi connectivity index (χ4v) is 0.924. The van der Waals surface area contributed by atoms with Crippen LogP contribution in [0.25, 0.3) is 0 Å². The number of nitrogen functional groups attached to an aromatic ring is 1. The SMILES string of the molecule is N#Cc1cccc(N)c1C(F)F. The fourth-order valence-electron chi connectivity index (χ4n) is 0.924. The molecule has 2 N–H and O–H groups in total. The lowest BCUT2D eigenvalue weighted by molar-refractivity contribution is 0.152. The quantitative estimate of drug-likeness (QED) is 0.652. The van der Waals surface area contributed by atoms with E-state index < -0.39 is 6.43 Å². The number of anilines is 1. The minimum absolute atomic E-state index is 0.0379. The number of alkyl halides is 2. The lowest BCUT2D eigenvalue weighted by Gasteiger charge is -2.04. The second kappa shape index (κ2) is 3.18. The van der Waals surface area contributed by atoms with Gasteiger partial charge in [-0.15, -0.1) is 0 Å². The highest BCUT2D eigenvalue weighted by Crippen LogP contribution is 2.27. The molecular formula is C8H6F2N2. The zero-order valence-electron chi connectivity index (χ0n) is 6.09. The molecule has 0 saturated heterocycles. The summed E-state index contributed by atoms with van der Waals surface area (Å²) >= 11 is 0. The van der Waals surface area contributed by atoms with Crippen molar-refractivity contribution in [1.82, 2.24) is 0 Å². The maximum atomic E-state index is 12.2. The molecule has 4 heteroatoms. The zero-order valence-corrected chi connectivity index (χ0v) is 6.09. The molecule has 0 atom stereocenters. The van der Waals surface area contributed by atoms with Gasteiger partial charge in [-0.05, 0) is 12.1 Å². The van der Waals surface area contributed by atoms with Gasteiger partial charge < -0.3 is 5.73 Å². The number of nitrogens with zero attached hydrogens (tertiary/aromatic N) is 1. The highest BCUT2D eigenvalue weighted by Gasteiger charge is 2.15. The Labute approximate surface area is 68.2 Å². The van der Waals surface area contributed by atoms with Gasteiger partial charge in [0.15, 0.2) is 0 Å². The maximum absolute atomic E-state index is 12.2. The minimum Gasteiger partial charge on any atom is -0.398 e. The molecular weight excluding hydrogens is 162 g/mol. The standard InChI is InChI=1S/C8H6F2N2/c9-8(10)7-5(4-11)2-1-3-6(7)12/h1-3,8H,12H2. The van der Waals surface area contributed by atoms with Gasteiger partial charge in [-0.25, -0.2) is 8.78 Å². The van der Waals surface area contributed by atoms with Gasteiger partial charge in [-0.1, -0.05) is 6.07 Å². The largest absolute Gasteiger partial charge is 0.398 e. The van der Waals surface area contributed by atoms with Crippen molar-refractivity contribution >= 4 is 5.69 Å². The summed E-state index contributed by atoms with van der Waals surface area (Å²) in [6.45, 7) is 0. The molecule has 0 radical (unpaired) electrons. The first kappa shape index (κ1) is 8.47. The van der Waals surface area contributed by atoms with Crippen molar-refractivity contribution in [3.8, 4) is 6.07 Å². The maximum Gasteiger partial charge on any atom is 0.267 e. The summed E-state index contributed by atoms with van der Waals surface area (Å²) in [7, 11) is 0. The molecule has 1 aromatic rings. The average Bonchev–Trinajstić information content (AvgIpc) is 2.03. The van der Waals surface area contributed by atoms with Crippen LogP contribution in [0.2, 0.25) is 0 Å². The molecule has 0 saturated carbocycles. The molecule has 0 aliphatic heterocycles. The number of hydrogen-bond donors (Lipinski definition) is 1. The Kier molecular flexibility index (Phi) is 2.24. The van der Waals surface area contributed by atoms with Gasteiger partial charge in [0.25, 0.3) is 6.43 Å². The zero-order chi connectivity index (χ0) is 9.14. The van der Waals surface area contributed by atoms with Crippen LogP contribution in [0.15, 0.2) is 18.2 Å². The molecule has 0 heterocycles. The van der Waals surface area contributed by atoms with Crippen LogP contribution >= 0.6 is 0 Å². The molecule has 0 aliphatic rings. The molecule has 0 unspecified atom stereocenters. The Morgan fingerprint density at radius 3 is 2.50 bits per heavy atom. The van der Waals surface area contributed by atoms with Crippen LogP contribution in [0.4, 0.5) is 14.5 Å². The molecule has 62 valence electrons. The van der Waals surface area contributed by atoms with Gasteiger partial charge in [-0.2, -0.15) is 5.26 Å². The monoisotopic (exact) mass is 168 g/mol. The van der Waals surface area contributed by atoms with Crippen molar-refractivity contribution in [2.75, 3.05) is 5.73 Å². The molecule has 1 aromatic carbocycles. The number of benzene rings is 1. The van der Waals surface area contributed by atoms with E-state index in [1.165, 1.54) is 18.2 Å². The van der Waals surface area contributed by atoms with E-state index in [4.69, 9.17) is 11.0 Å². The summed E-state index contributed by atoms with van der Waals surface area (Å²) in [6.07, 6.45) is -2.69. The third-order valence-electron chi connectivity index (χ3n) is 1.48. The van der Waals surface area contributed by atoms with E-state index in [1.54, 1.807) is 6.07 Å². The molecule has 0 amide bonds. The normalized spacial score (nSPS) is 9.83. The summed E-state index contributed by atoms with van der Waals surface area (Å²) in [5.41, 5.74) is 4.79. The van der Waals surface area contributed by atoms with Gasteiger partial charge >= 0.3 is 0 Å². The first-order valence-electron chi connectivity index (χ1n) is 3.23. The van der Waals surface area contributed by atoms with Crippen molar-refractivity contribution in [3.05, 3.63) is 29.3 Å². The summed E-state index contributed by atoms with van der Waals surface area (Å²) in [4.78, 5) is 0. The minimum atomic E-state index is -2.69. The fraction of sp³-hybridized carbons (Fsp3) is 0.125. The van der Waals surface area contributed by atoms with Gasteiger partial charge in [0.05, 0.1) is 17.2 Å². The van der Waals surface area contributed by atoms with Gasteiger partial charge in [-0.3, -0.25) is 0 Å². The van der Waals surface area contributed by atoms with Crippen LogP contribution in [0.5, 0.6) is 0 Å². The topological polar surface area (TPSA) is 49.8 Å². The van der Waals surface area contributed by atoms with E-state index in [1.807, 2.05) is 0 Å². The molecule has 2 nitrogen and oxygen atoms in total. The smallest absolute Gasteiger partial charge is 0.267 e. The van der Waals surface area contributed by atoms with Crippen LogP contribution in [-0.4, -0.2) is 0 Å². The average molecular weight is 168 g/mol. The van der Waals surface area contributed by atoms with Gasteiger partial charge in [0.2, 0.25) is 0 Å². The van der Waals surface area contributed by atoms with E-state index >= 15 is 0 Å². The Bertz CT molecular complexity index is 328. The van der Waals surface area contributed by atoms with Gasteiger partial charge in [0, 0.05) is 5.69 Å². The van der Waals surface area contributed by atoms with E-state index in [-0.39, 0.29) is 16.8 Å². The number of hydrogen-bond acceptors (Lipinski definition) is 2. The Morgan fingerprint density at radius 2 is 2.08 bits per heavy atom.